The van der Waals surface area contributed by atoms with Gasteiger partial charge in [-0.2, -0.15) is 0 Å². The highest BCUT2D eigenvalue weighted by atomic mass is 16.3. The quantitative estimate of drug-likeness (QED) is 0.823. The van der Waals surface area contributed by atoms with Crippen LogP contribution < -0.4 is 0 Å². The van der Waals surface area contributed by atoms with Gasteiger partial charge in [0.25, 0.3) is 0 Å². The maximum absolute atomic E-state index is 5.63. The largest absolute Gasteiger partial charge is 0.464 e. The summed E-state index contributed by atoms with van der Waals surface area (Å²) in [4.78, 5) is 15.2. The normalized spacial score (nSPS) is 18.7. The standard InChI is InChI=1S/C14H23N5O/c1-10-7-8-12(20-10)9-18(5)14-16-11(2)15-13(17(3)4)19(14)6/h7-8,11H,9H2,1-6H3. The number of guanidine groups is 2. The van der Waals surface area contributed by atoms with Gasteiger partial charge in [-0.15, -0.1) is 0 Å². The Morgan fingerprint density at radius 1 is 1.20 bits per heavy atom. The second-order valence-electron chi connectivity index (χ2n) is 5.31. The molecule has 1 atom stereocenters. The molecule has 110 valence electrons. The zero-order valence-electron chi connectivity index (χ0n) is 13.1. The van der Waals surface area contributed by atoms with Crippen LogP contribution in [0.1, 0.15) is 18.4 Å². The zero-order chi connectivity index (χ0) is 14.9. The summed E-state index contributed by atoms with van der Waals surface area (Å²) in [5.74, 6) is 3.66. The van der Waals surface area contributed by atoms with Gasteiger partial charge in [0.15, 0.2) is 0 Å². The van der Waals surface area contributed by atoms with Crippen LogP contribution in [0.3, 0.4) is 0 Å². The summed E-state index contributed by atoms with van der Waals surface area (Å²) in [6, 6.07) is 3.98. The van der Waals surface area contributed by atoms with E-state index < -0.39 is 0 Å². The lowest BCUT2D eigenvalue weighted by molar-refractivity contribution is 0.362. The minimum Gasteiger partial charge on any atom is -0.464 e. The van der Waals surface area contributed by atoms with Crippen LogP contribution >= 0.6 is 0 Å². The minimum absolute atomic E-state index is 0.0700. The first-order valence-corrected chi connectivity index (χ1v) is 6.71. The fraction of sp³-hybridized carbons (Fsp3) is 0.571. The van der Waals surface area contributed by atoms with Gasteiger partial charge < -0.3 is 14.2 Å². The third kappa shape index (κ3) is 2.95. The van der Waals surface area contributed by atoms with Crippen molar-refractivity contribution in [2.75, 3.05) is 28.2 Å². The third-order valence-corrected chi connectivity index (χ3v) is 3.14. The van der Waals surface area contributed by atoms with E-state index in [1.54, 1.807) is 0 Å². The average molecular weight is 277 g/mol. The fourth-order valence-corrected chi connectivity index (χ4v) is 2.27. The first-order chi connectivity index (χ1) is 9.38. The molecule has 2 heterocycles. The summed E-state index contributed by atoms with van der Waals surface area (Å²) in [5.41, 5.74) is 0. The summed E-state index contributed by atoms with van der Waals surface area (Å²) >= 11 is 0. The van der Waals surface area contributed by atoms with Crippen LogP contribution in [0.4, 0.5) is 0 Å². The smallest absolute Gasteiger partial charge is 0.205 e. The molecule has 1 unspecified atom stereocenters. The molecule has 6 heteroatoms. The summed E-state index contributed by atoms with van der Waals surface area (Å²) in [6.45, 7) is 4.62. The highest BCUT2D eigenvalue weighted by molar-refractivity contribution is 5.99. The predicted molar refractivity (Wildman–Crippen MR) is 80.7 cm³/mol. The number of rotatable bonds is 2. The highest BCUT2D eigenvalue weighted by Gasteiger charge is 2.24. The van der Waals surface area contributed by atoms with Crippen LogP contribution in [0, 0.1) is 6.92 Å². The molecule has 0 aromatic carbocycles. The van der Waals surface area contributed by atoms with Crippen LogP contribution in [-0.2, 0) is 6.54 Å². The average Bonchev–Trinajstić information content (AvgIpc) is 2.76. The maximum atomic E-state index is 5.63. The molecule has 0 radical (unpaired) electrons. The van der Waals surface area contributed by atoms with Gasteiger partial charge in [0.05, 0.1) is 6.54 Å². The van der Waals surface area contributed by atoms with Gasteiger partial charge >= 0.3 is 0 Å². The van der Waals surface area contributed by atoms with Crippen molar-refractivity contribution in [1.29, 1.82) is 0 Å². The van der Waals surface area contributed by atoms with Gasteiger partial charge in [-0.1, -0.05) is 0 Å². The van der Waals surface area contributed by atoms with Crippen molar-refractivity contribution >= 4 is 11.9 Å². The Hall–Kier alpha value is -1.98. The molecule has 0 amide bonds. The lowest BCUT2D eigenvalue weighted by Gasteiger charge is -2.35. The Morgan fingerprint density at radius 2 is 1.85 bits per heavy atom. The summed E-state index contributed by atoms with van der Waals surface area (Å²) in [5, 5.41) is 0. The molecular weight excluding hydrogens is 254 g/mol. The number of hydrogen-bond acceptors (Lipinski definition) is 6. The van der Waals surface area contributed by atoms with Gasteiger partial charge in [0.1, 0.15) is 17.7 Å². The zero-order valence-corrected chi connectivity index (χ0v) is 13.1. The van der Waals surface area contributed by atoms with Crippen molar-refractivity contribution in [2.45, 2.75) is 26.6 Å². The molecule has 0 bridgehead atoms. The summed E-state index contributed by atoms with van der Waals surface area (Å²) < 4.78 is 5.63. The highest BCUT2D eigenvalue weighted by Crippen LogP contribution is 2.14. The molecule has 1 aliphatic rings. The van der Waals surface area contributed by atoms with Crippen LogP contribution in [0.15, 0.2) is 26.5 Å². The molecule has 1 aromatic heterocycles. The van der Waals surface area contributed by atoms with Crippen LogP contribution in [0.25, 0.3) is 0 Å². The van der Waals surface area contributed by atoms with E-state index in [4.69, 9.17) is 4.42 Å². The van der Waals surface area contributed by atoms with Gasteiger partial charge in [-0.05, 0) is 26.0 Å². The molecule has 0 saturated carbocycles. The molecule has 2 rings (SSSR count). The molecule has 1 aliphatic heterocycles. The van der Waals surface area contributed by atoms with E-state index in [9.17, 15) is 0 Å². The van der Waals surface area contributed by atoms with Crippen molar-refractivity contribution in [3.63, 3.8) is 0 Å². The van der Waals surface area contributed by atoms with Crippen molar-refractivity contribution in [3.05, 3.63) is 23.7 Å². The molecule has 0 N–H and O–H groups in total. The Bertz CT molecular complexity index is 531. The van der Waals surface area contributed by atoms with Crippen molar-refractivity contribution in [1.82, 2.24) is 14.7 Å². The molecular formula is C14H23N5O. The molecule has 6 nitrogen and oxygen atoms in total. The monoisotopic (exact) mass is 277 g/mol. The van der Waals surface area contributed by atoms with Crippen LogP contribution in [0.5, 0.6) is 0 Å². The molecule has 1 aromatic rings. The fourth-order valence-electron chi connectivity index (χ4n) is 2.27. The number of aryl methyl sites for hydroxylation is 1. The third-order valence-electron chi connectivity index (χ3n) is 3.14. The number of hydrogen-bond donors (Lipinski definition) is 0. The topological polar surface area (TPSA) is 47.6 Å². The predicted octanol–water partition coefficient (Wildman–Crippen LogP) is 1.58. The lowest BCUT2D eigenvalue weighted by Crippen LogP contribution is -2.50. The van der Waals surface area contributed by atoms with E-state index in [1.165, 1.54) is 0 Å². The van der Waals surface area contributed by atoms with Crippen molar-refractivity contribution < 1.29 is 4.42 Å². The van der Waals surface area contributed by atoms with Gasteiger partial charge in [-0.3, -0.25) is 4.90 Å². The summed E-state index contributed by atoms with van der Waals surface area (Å²) in [6.07, 6.45) is -0.0700. The lowest BCUT2D eigenvalue weighted by atomic mass is 10.4. The van der Waals surface area contributed by atoms with Crippen molar-refractivity contribution in [3.8, 4) is 0 Å². The second-order valence-corrected chi connectivity index (χ2v) is 5.31. The summed E-state index contributed by atoms with van der Waals surface area (Å²) in [7, 11) is 7.97. The Balaban J connectivity index is 2.15. The van der Waals surface area contributed by atoms with Gasteiger partial charge in [0.2, 0.25) is 11.9 Å². The maximum Gasteiger partial charge on any atom is 0.205 e. The Morgan fingerprint density at radius 3 is 2.40 bits per heavy atom. The number of furan rings is 1. The molecule has 20 heavy (non-hydrogen) atoms. The molecule has 0 fully saturated rings. The molecule has 0 spiro atoms. The van der Waals surface area contributed by atoms with Gasteiger partial charge in [-0.25, -0.2) is 9.98 Å². The molecule has 0 saturated heterocycles. The van der Waals surface area contributed by atoms with E-state index in [-0.39, 0.29) is 6.17 Å². The van der Waals surface area contributed by atoms with Crippen LogP contribution in [0.2, 0.25) is 0 Å². The first-order valence-electron chi connectivity index (χ1n) is 6.71. The van der Waals surface area contributed by atoms with E-state index in [0.717, 1.165) is 23.4 Å². The Kier molecular flexibility index (Phi) is 4.01. The SMILES string of the molecule is Cc1ccc(CN(C)C2=NC(C)N=C(N(C)C)N2C)o1. The van der Waals surface area contributed by atoms with Gasteiger partial charge in [0, 0.05) is 28.2 Å². The van der Waals surface area contributed by atoms with Crippen LogP contribution in [-0.4, -0.2) is 61.0 Å². The van der Waals surface area contributed by atoms with Crippen molar-refractivity contribution in [2.24, 2.45) is 9.98 Å². The number of aliphatic imine (C=N–C) groups is 2. The first kappa shape index (κ1) is 14.4. The Labute approximate surface area is 120 Å². The second kappa shape index (κ2) is 5.56. The minimum atomic E-state index is -0.0700. The van der Waals surface area contributed by atoms with E-state index in [0.29, 0.717) is 6.54 Å². The molecule has 0 aliphatic carbocycles. The van der Waals surface area contributed by atoms with E-state index in [2.05, 4.69) is 14.9 Å². The number of nitrogens with zero attached hydrogens (tertiary/aromatic N) is 5. The van der Waals surface area contributed by atoms with E-state index >= 15 is 0 Å². The van der Waals surface area contributed by atoms with E-state index in [1.807, 2.05) is 64.0 Å².